The van der Waals surface area contributed by atoms with Gasteiger partial charge in [0.05, 0.1) is 11.3 Å². The van der Waals surface area contributed by atoms with E-state index in [-0.39, 0.29) is 6.54 Å². The van der Waals surface area contributed by atoms with Gasteiger partial charge in [0.2, 0.25) is 0 Å². The van der Waals surface area contributed by atoms with Crippen LogP contribution in [0.1, 0.15) is 18.9 Å². The van der Waals surface area contributed by atoms with E-state index in [0.717, 1.165) is 4.47 Å². The number of amides is 2. The number of benzene rings is 1. The normalized spacial score (nSPS) is 9.65. The molecule has 0 atom stereocenters. The molecule has 0 aliphatic rings. The van der Waals surface area contributed by atoms with Crippen molar-refractivity contribution in [2.75, 3.05) is 18.4 Å². The summed E-state index contributed by atoms with van der Waals surface area (Å²) in [6.45, 7) is 1.80. The zero-order valence-electron chi connectivity index (χ0n) is 10.9. The maximum absolute atomic E-state index is 12.0. The van der Waals surface area contributed by atoms with E-state index >= 15 is 0 Å². The fraction of sp³-hybridized carbons (Fsp3) is 0.308. The molecule has 0 bridgehead atoms. The number of aliphatic carboxylic acids is 1. The van der Waals surface area contributed by atoms with Crippen molar-refractivity contribution in [3.8, 4) is 6.07 Å². The second-order valence-electron chi connectivity index (χ2n) is 4.05. The highest BCUT2D eigenvalue weighted by Crippen LogP contribution is 2.20. The monoisotopic (exact) mass is 339 g/mol. The van der Waals surface area contributed by atoms with Gasteiger partial charge >= 0.3 is 12.0 Å². The van der Waals surface area contributed by atoms with E-state index < -0.39 is 12.0 Å². The molecular weight excluding hydrogens is 326 g/mol. The van der Waals surface area contributed by atoms with Gasteiger partial charge in [-0.1, -0.05) is 22.9 Å². The molecule has 0 radical (unpaired) electrons. The highest BCUT2D eigenvalue weighted by Gasteiger charge is 2.17. The third kappa shape index (κ3) is 4.55. The summed E-state index contributed by atoms with van der Waals surface area (Å²) >= 11 is 3.24. The minimum Gasteiger partial charge on any atom is -0.480 e. The third-order valence-corrected chi connectivity index (χ3v) is 2.94. The molecule has 0 saturated heterocycles. The number of carboxylic acids is 1. The molecule has 0 aliphatic carbocycles. The van der Waals surface area contributed by atoms with Gasteiger partial charge in [-0.15, -0.1) is 0 Å². The molecule has 1 rings (SSSR count). The zero-order chi connectivity index (χ0) is 15.1. The van der Waals surface area contributed by atoms with Gasteiger partial charge in [-0.2, -0.15) is 5.26 Å². The van der Waals surface area contributed by atoms with Crippen molar-refractivity contribution in [3.63, 3.8) is 0 Å². The first kappa shape index (κ1) is 16.0. The maximum Gasteiger partial charge on any atom is 0.323 e. The first-order chi connectivity index (χ1) is 9.47. The Balaban J connectivity index is 2.88. The van der Waals surface area contributed by atoms with Crippen LogP contribution < -0.4 is 5.32 Å². The Morgan fingerprint density at radius 2 is 2.20 bits per heavy atom. The summed E-state index contributed by atoms with van der Waals surface area (Å²) in [4.78, 5) is 23.9. The van der Waals surface area contributed by atoms with E-state index in [1.165, 1.54) is 4.90 Å². The molecule has 2 N–H and O–H groups in total. The van der Waals surface area contributed by atoms with Gasteiger partial charge in [-0.25, -0.2) is 4.79 Å². The minimum atomic E-state index is -1.08. The van der Waals surface area contributed by atoms with Gasteiger partial charge in [0, 0.05) is 11.0 Å². The second-order valence-corrected chi connectivity index (χ2v) is 4.96. The molecule has 0 aliphatic heterocycles. The fourth-order valence-corrected chi connectivity index (χ4v) is 1.96. The van der Waals surface area contributed by atoms with Crippen LogP contribution in [0.2, 0.25) is 0 Å². The number of anilines is 1. The van der Waals surface area contributed by atoms with Crippen LogP contribution >= 0.6 is 15.9 Å². The standard InChI is InChI=1S/C13H14BrN3O3/c1-2-5-17(8-12(18)19)13(20)16-11-4-3-10(14)6-9(11)7-15/h3-4,6H,2,5,8H2,1H3,(H,16,20)(H,18,19). The van der Waals surface area contributed by atoms with Crippen molar-refractivity contribution in [1.82, 2.24) is 4.90 Å². The molecule has 20 heavy (non-hydrogen) atoms. The van der Waals surface area contributed by atoms with Crippen LogP contribution in [0, 0.1) is 11.3 Å². The number of carbonyl (C=O) groups excluding carboxylic acids is 1. The van der Waals surface area contributed by atoms with E-state index in [1.54, 1.807) is 18.2 Å². The van der Waals surface area contributed by atoms with Gasteiger partial charge in [-0.3, -0.25) is 4.79 Å². The molecule has 0 saturated carbocycles. The molecule has 106 valence electrons. The molecule has 0 spiro atoms. The van der Waals surface area contributed by atoms with Crippen molar-refractivity contribution in [1.29, 1.82) is 5.26 Å². The zero-order valence-corrected chi connectivity index (χ0v) is 12.5. The molecule has 7 heteroatoms. The summed E-state index contributed by atoms with van der Waals surface area (Å²) in [5, 5.41) is 20.4. The van der Waals surface area contributed by atoms with Gasteiger partial charge in [-0.05, 0) is 24.6 Å². The Morgan fingerprint density at radius 3 is 2.75 bits per heavy atom. The highest BCUT2D eigenvalue weighted by molar-refractivity contribution is 9.10. The SMILES string of the molecule is CCCN(CC(=O)O)C(=O)Nc1ccc(Br)cc1C#N. The molecule has 0 heterocycles. The summed E-state index contributed by atoms with van der Waals surface area (Å²) in [5.74, 6) is -1.08. The van der Waals surface area contributed by atoms with Crippen LogP contribution in [0.25, 0.3) is 0 Å². The summed E-state index contributed by atoms with van der Waals surface area (Å²) in [6, 6.07) is 6.30. The van der Waals surface area contributed by atoms with Crippen molar-refractivity contribution < 1.29 is 14.7 Å². The topological polar surface area (TPSA) is 93.4 Å². The van der Waals surface area contributed by atoms with Crippen molar-refractivity contribution in [2.24, 2.45) is 0 Å². The van der Waals surface area contributed by atoms with E-state index in [1.807, 2.05) is 13.0 Å². The predicted molar refractivity (Wildman–Crippen MR) is 77.4 cm³/mol. The lowest BCUT2D eigenvalue weighted by atomic mass is 10.2. The van der Waals surface area contributed by atoms with Crippen LogP contribution in [-0.4, -0.2) is 35.1 Å². The summed E-state index contributed by atoms with van der Waals surface area (Å²) < 4.78 is 0.725. The van der Waals surface area contributed by atoms with Crippen molar-refractivity contribution >= 4 is 33.6 Å². The number of halogens is 1. The number of rotatable bonds is 5. The number of carbonyl (C=O) groups is 2. The smallest absolute Gasteiger partial charge is 0.323 e. The Kier molecular flexibility index (Phi) is 6.00. The molecule has 1 aromatic rings. The maximum atomic E-state index is 12.0. The van der Waals surface area contributed by atoms with Crippen LogP contribution in [0.15, 0.2) is 22.7 Å². The Bertz CT molecular complexity index is 554. The lowest BCUT2D eigenvalue weighted by Gasteiger charge is -2.20. The van der Waals surface area contributed by atoms with E-state index in [2.05, 4.69) is 21.2 Å². The lowest BCUT2D eigenvalue weighted by Crippen LogP contribution is -2.39. The van der Waals surface area contributed by atoms with E-state index in [9.17, 15) is 9.59 Å². The number of hydrogen-bond acceptors (Lipinski definition) is 3. The second kappa shape index (κ2) is 7.50. The number of nitrogens with one attached hydrogen (secondary N) is 1. The molecule has 2 amide bonds. The molecule has 0 aromatic heterocycles. The van der Waals surface area contributed by atoms with Gasteiger partial charge in [0.1, 0.15) is 12.6 Å². The summed E-state index contributed by atoms with van der Waals surface area (Å²) in [6.07, 6.45) is 0.645. The van der Waals surface area contributed by atoms with Gasteiger partial charge in [0.25, 0.3) is 0 Å². The van der Waals surface area contributed by atoms with E-state index in [0.29, 0.717) is 24.2 Å². The Hall–Kier alpha value is -2.07. The molecule has 0 unspecified atom stereocenters. The Labute approximate surface area is 125 Å². The first-order valence-corrected chi connectivity index (χ1v) is 6.74. The largest absolute Gasteiger partial charge is 0.480 e. The number of nitrogens with zero attached hydrogens (tertiary/aromatic N) is 2. The Morgan fingerprint density at radius 1 is 1.50 bits per heavy atom. The highest BCUT2D eigenvalue weighted by atomic mass is 79.9. The fourth-order valence-electron chi connectivity index (χ4n) is 1.60. The van der Waals surface area contributed by atoms with Gasteiger partial charge in [0.15, 0.2) is 0 Å². The molecule has 0 fully saturated rings. The van der Waals surface area contributed by atoms with Crippen molar-refractivity contribution in [3.05, 3.63) is 28.2 Å². The average Bonchev–Trinajstić information content (AvgIpc) is 2.39. The number of urea groups is 1. The predicted octanol–water partition coefficient (Wildman–Crippen LogP) is 2.65. The first-order valence-electron chi connectivity index (χ1n) is 5.95. The summed E-state index contributed by atoms with van der Waals surface area (Å²) in [7, 11) is 0. The number of carboxylic acid groups (broad SMARTS) is 1. The van der Waals surface area contributed by atoms with Crippen molar-refractivity contribution in [2.45, 2.75) is 13.3 Å². The van der Waals surface area contributed by atoms with Gasteiger partial charge < -0.3 is 15.3 Å². The average molecular weight is 340 g/mol. The van der Waals surface area contributed by atoms with Crippen LogP contribution in [-0.2, 0) is 4.79 Å². The molecular formula is C13H14BrN3O3. The van der Waals surface area contributed by atoms with Crippen LogP contribution in [0.5, 0.6) is 0 Å². The van der Waals surface area contributed by atoms with E-state index in [4.69, 9.17) is 10.4 Å². The molecule has 1 aromatic carbocycles. The molecule has 6 nitrogen and oxygen atoms in total. The lowest BCUT2D eigenvalue weighted by molar-refractivity contribution is -0.137. The van der Waals surface area contributed by atoms with Crippen LogP contribution in [0.4, 0.5) is 10.5 Å². The quantitative estimate of drug-likeness (QED) is 0.862. The number of nitriles is 1. The third-order valence-electron chi connectivity index (χ3n) is 2.45. The number of hydrogen-bond donors (Lipinski definition) is 2. The summed E-state index contributed by atoms with van der Waals surface area (Å²) in [5.41, 5.74) is 0.659. The minimum absolute atomic E-state index is 0.305. The van der Waals surface area contributed by atoms with Crippen LogP contribution in [0.3, 0.4) is 0 Å².